The Balaban J connectivity index is 1.60. The van der Waals surface area contributed by atoms with Gasteiger partial charge >= 0.3 is 0 Å². The number of rotatable bonds is 6. The van der Waals surface area contributed by atoms with Crippen LogP contribution in [0.3, 0.4) is 0 Å². The molecule has 1 saturated heterocycles. The number of methoxy groups -OCH3 is 1. The van der Waals surface area contributed by atoms with Crippen molar-refractivity contribution in [1.29, 1.82) is 0 Å². The number of Topliss-reactive ketones (excluding diaryl/α,β-unsaturated/α-hetero) is 1. The zero-order valence-electron chi connectivity index (χ0n) is 21.3. The smallest absolute Gasteiger partial charge is 0.300 e. The first kappa shape index (κ1) is 24.8. The van der Waals surface area contributed by atoms with Gasteiger partial charge in [0.05, 0.1) is 18.7 Å². The predicted octanol–water partition coefficient (Wildman–Crippen LogP) is 6.73. The van der Waals surface area contributed by atoms with Crippen LogP contribution in [0.15, 0.2) is 103 Å². The number of aliphatic hydroxyl groups is 1. The van der Waals surface area contributed by atoms with Crippen LogP contribution in [0.2, 0.25) is 0 Å². The van der Waals surface area contributed by atoms with Gasteiger partial charge in [-0.05, 0) is 79.6 Å². The van der Waals surface area contributed by atoms with Crippen LogP contribution < -0.4 is 14.4 Å². The van der Waals surface area contributed by atoms with Crippen LogP contribution in [-0.2, 0) is 9.59 Å². The zero-order valence-corrected chi connectivity index (χ0v) is 21.3. The average Bonchev–Trinajstić information content (AvgIpc) is 3.19. The molecule has 0 radical (unpaired) electrons. The van der Waals surface area contributed by atoms with Crippen molar-refractivity contribution < 1.29 is 24.2 Å². The van der Waals surface area contributed by atoms with E-state index < -0.39 is 17.7 Å². The zero-order chi connectivity index (χ0) is 26.8. The SMILES string of the molecule is COc1ccc(/C(O)=C2/C(=O)C(=O)N(c3ccc(Oc4ccccc4)cc3)C2c2cccc(C)c2)cc1C. The fourth-order valence-corrected chi connectivity index (χ4v) is 4.74. The van der Waals surface area contributed by atoms with Gasteiger partial charge in [-0.15, -0.1) is 0 Å². The molecular weight excluding hydrogens is 478 g/mol. The Morgan fingerprint density at radius 1 is 0.816 bits per heavy atom. The second-order valence-electron chi connectivity index (χ2n) is 9.18. The summed E-state index contributed by atoms with van der Waals surface area (Å²) in [7, 11) is 1.57. The van der Waals surface area contributed by atoms with Crippen molar-refractivity contribution in [2.24, 2.45) is 0 Å². The predicted molar refractivity (Wildman–Crippen MR) is 147 cm³/mol. The Labute approximate surface area is 221 Å². The molecule has 0 bridgehead atoms. The summed E-state index contributed by atoms with van der Waals surface area (Å²) in [5.41, 5.74) is 3.48. The van der Waals surface area contributed by atoms with Crippen LogP contribution in [0.1, 0.15) is 28.3 Å². The third-order valence-electron chi connectivity index (χ3n) is 6.56. The van der Waals surface area contributed by atoms with Gasteiger partial charge in [-0.2, -0.15) is 0 Å². The molecule has 1 N–H and O–H groups in total. The highest BCUT2D eigenvalue weighted by Gasteiger charge is 2.47. The van der Waals surface area contributed by atoms with Crippen LogP contribution in [0.25, 0.3) is 5.76 Å². The largest absolute Gasteiger partial charge is 0.507 e. The fraction of sp³-hybridized carbons (Fsp3) is 0.125. The van der Waals surface area contributed by atoms with E-state index in [0.717, 1.165) is 16.7 Å². The number of anilines is 1. The van der Waals surface area contributed by atoms with Crippen LogP contribution in [0.5, 0.6) is 17.2 Å². The number of ketones is 1. The minimum atomic E-state index is -0.807. The molecule has 190 valence electrons. The maximum atomic E-state index is 13.4. The van der Waals surface area contributed by atoms with E-state index in [1.54, 1.807) is 49.6 Å². The highest BCUT2D eigenvalue weighted by Crippen LogP contribution is 2.43. The van der Waals surface area contributed by atoms with Crippen molar-refractivity contribution in [2.45, 2.75) is 19.9 Å². The van der Waals surface area contributed by atoms with E-state index in [1.807, 2.05) is 68.4 Å². The second kappa shape index (κ2) is 10.3. The third-order valence-corrected chi connectivity index (χ3v) is 6.56. The van der Waals surface area contributed by atoms with Gasteiger partial charge in [-0.25, -0.2) is 0 Å². The first-order valence-electron chi connectivity index (χ1n) is 12.2. The molecule has 4 aromatic rings. The number of ether oxygens (including phenoxy) is 2. The number of nitrogens with zero attached hydrogens (tertiary/aromatic N) is 1. The Bertz CT molecular complexity index is 1540. The molecule has 4 aromatic carbocycles. The monoisotopic (exact) mass is 505 g/mol. The number of carbonyl (C=O) groups excluding carboxylic acids is 2. The molecule has 1 heterocycles. The molecule has 0 aliphatic carbocycles. The molecule has 1 amide bonds. The van der Waals surface area contributed by atoms with Crippen LogP contribution >= 0.6 is 0 Å². The van der Waals surface area contributed by atoms with Crippen molar-refractivity contribution in [3.05, 3.63) is 125 Å². The molecule has 1 unspecified atom stereocenters. The van der Waals surface area contributed by atoms with E-state index in [2.05, 4.69) is 0 Å². The highest BCUT2D eigenvalue weighted by molar-refractivity contribution is 6.51. The standard InChI is InChI=1S/C32H27NO5/c1-20-8-7-9-22(18-20)29-28(30(34)23-12-17-27(37-3)21(2)19-23)31(35)32(36)33(29)24-13-15-26(16-14-24)38-25-10-5-4-6-11-25/h4-19,29,34H,1-3H3/b30-28-. The van der Waals surface area contributed by atoms with E-state index in [1.165, 1.54) is 4.90 Å². The number of aliphatic hydroxyl groups excluding tert-OH is 1. The molecule has 0 saturated carbocycles. The van der Waals surface area contributed by atoms with Gasteiger partial charge < -0.3 is 14.6 Å². The van der Waals surface area contributed by atoms with Gasteiger partial charge in [0.2, 0.25) is 0 Å². The summed E-state index contributed by atoms with van der Waals surface area (Å²) in [6, 6.07) is 28.3. The highest BCUT2D eigenvalue weighted by atomic mass is 16.5. The van der Waals surface area contributed by atoms with Gasteiger partial charge in [0, 0.05) is 11.3 Å². The van der Waals surface area contributed by atoms with E-state index in [-0.39, 0.29) is 11.3 Å². The minimum Gasteiger partial charge on any atom is -0.507 e. The summed E-state index contributed by atoms with van der Waals surface area (Å²) in [5, 5.41) is 11.4. The topological polar surface area (TPSA) is 76.1 Å². The minimum absolute atomic E-state index is 0.0368. The van der Waals surface area contributed by atoms with Gasteiger partial charge in [0.25, 0.3) is 11.7 Å². The third kappa shape index (κ3) is 4.64. The lowest BCUT2D eigenvalue weighted by molar-refractivity contribution is -0.132. The van der Waals surface area contributed by atoms with Crippen molar-refractivity contribution >= 4 is 23.1 Å². The summed E-state index contributed by atoms with van der Waals surface area (Å²) in [5.74, 6) is 0.266. The number of amides is 1. The summed E-state index contributed by atoms with van der Waals surface area (Å²) >= 11 is 0. The van der Waals surface area contributed by atoms with Crippen molar-refractivity contribution in [2.75, 3.05) is 12.0 Å². The Morgan fingerprint density at radius 2 is 1.53 bits per heavy atom. The summed E-state index contributed by atoms with van der Waals surface area (Å²) in [6.07, 6.45) is 0. The average molecular weight is 506 g/mol. The second-order valence-corrected chi connectivity index (χ2v) is 9.18. The molecule has 6 heteroatoms. The van der Waals surface area contributed by atoms with Crippen LogP contribution in [-0.4, -0.2) is 23.9 Å². The van der Waals surface area contributed by atoms with Crippen LogP contribution in [0.4, 0.5) is 5.69 Å². The normalized spacial score (nSPS) is 16.5. The molecule has 1 aliphatic heterocycles. The molecule has 1 aliphatic rings. The molecule has 1 fully saturated rings. The molecule has 6 nitrogen and oxygen atoms in total. The summed E-state index contributed by atoms with van der Waals surface area (Å²) in [6.45, 7) is 3.80. The number of hydrogen-bond donors (Lipinski definition) is 1. The van der Waals surface area contributed by atoms with E-state index in [9.17, 15) is 14.7 Å². The molecular formula is C32H27NO5. The van der Waals surface area contributed by atoms with Gasteiger partial charge in [0.1, 0.15) is 23.0 Å². The first-order valence-corrected chi connectivity index (χ1v) is 12.2. The van der Waals surface area contributed by atoms with Crippen molar-refractivity contribution in [1.82, 2.24) is 0 Å². The van der Waals surface area contributed by atoms with Crippen molar-refractivity contribution in [3.8, 4) is 17.2 Å². The van der Waals surface area contributed by atoms with E-state index >= 15 is 0 Å². The van der Waals surface area contributed by atoms with Gasteiger partial charge in [0.15, 0.2) is 0 Å². The van der Waals surface area contributed by atoms with Crippen molar-refractivity contribution in [3.63, 3.8) is 0 Å². The van der Waals surface area contributed by atoms with E-state index in [0.29, 0.717) is 28.5 Å². The maximum absolute atomic E-state index is 13.4. The Hall–Kier alpha value is -4.84. The lowest BCUT2D eigenvalue weighted by Crippen LogP contribution is -2.29. The number of benzene rings is 4. The Kier molecular flexibility index (Phi) is 6.71. The summed E-state index contributed by atoms with van der Waals surface area (Å²) < 4.78 is 11.2. The molecule has 0 aromatic heterocycles. The van der Waals surface area contributed by atoms with Gasteiger partial charge in [-0.1, -0.05) is 48.0 Å². The molecule has 38 heavy (non-hydrogen) atoms. The molecule has 5 rings (SSSR count). The number of carbonyl (C=O) groups is 2. The maximum Gasteiger partial charge on any atom is 0.300 e. The van der Waals surface area contributed by atoms with Gasteiger partial charge in [-0.3, -0.25) is 14.5 Å². The number of aryl methyl sites for hydroxylation is 2. The Morgan fingerprint density at radius 3 is 2.18 bits per heavy atom. The van der Waals surface area contributed by atoms with Crippen LogP contribution in [0, 0.1) is 13.8 Å². The first-order chi connectivity index (χ1) is 18.4. The van der Waals surface area contributed by atoms with E-state index in [4.69, 9.17) is 9.47 Å². The lowest BCUT2D eigenvalue weighted by atomic mass is 9.94. The quantitative estimate of drug-likeness (QED) is 0.179. The fourth-order valence-electron chi connectivity index (χ4n) is 4.74. The number of hydrogen-bond acceptors (Lipinski definition) is 5. The lowest BCUT2D eigenvalue weighted by Gasteiger charge is -2.26. The number of para-hydroxylation sites is 1. The summed E-state index contributed by atoms with van der Waals surface area (Å²) in [4.78, 5) is 28.3. The molecule has 0 spiro atoms. The molecule has 1 atom stereocenters.